The van der Waals surface area contributed by atoms with Crippen molar-refractivity contribution < 1.29 is 27.5 Å². The van der Waals surface area contributed by atoms with E-state index in [1.54, 1.807) is 26.0 Å². The van der Waals surface area contributed by atoms with Crippen molar-refractivity contribution in [2.24, 2.45) is 5.92 Å². The quantitative estimate of drug-likeness (QED) is 0.192. The van der Waals surface area contributed by atoms with E-state index in [-0.39, 0.29) is 36.9 Å². The van der Waals surface area contributed by atoms with Gasteiger partial charge < -0.3 is 14.8 Å². The number of carbonyl (C=O) groups is 2. The third-order valence-corrected chi connectivity index (χ3v) is 8.44. The van der Waals surface area contributed by atoms with E-state index in [0.717, 1.165) is 16.7 Å². The van der Waals surface area contributed by atoms with Crippen LogP contribution in [0.1, 0.15) is 40.7 Å². The molecule has 2 atom stereocenters. The zero-order chi connectivity index (χ0) is 30.5. The van der Waals surface area contributed by atoms with Gasteiger partial charge in [0, 0.05) is 13.5 Å². The average Bonchev–Trinajstić information content (AvgIpc) is 2.95. The van der Waals surface area contributed by atoms with Crippen LogP contribution in [0.4, 0.5) is 0 Å². The van der Waals surface area contributed by atoms with E-state index in [2.05, 4.69) is 10.0 Å². The highest BCUT2D eigenvalue weighted by molar-refractivity contribution is 7.89. The minimum atomic E-state index is -3.92. The summed E-state index contributed by atoms with van der Waals surface area (Å²) in [5, 5.41) is 2.62. The second-order valence-electron chi connectivity index (χ2n) is 10.2. The number of sulfonamides is 1. The van der Waals surface area contributed by atoms with E-state index in [1.807, 2.05) is 79.7 Å². The molecule has 0 saturated carbocycles. The van der Waals surface area contributed by atoms with Crippen molar-refractivity contribution in [3.05, 3.63) is 113 Å². The molecule has 0 bridgehead atoms. The molecule has 8 nitrogen and oxygen atoms in total. The topological polar surface area (TPSA) is 111 Å². The molecule has 0 aromatic heterocycles. The predicted molar refractivity (Wildman–Crippen MR) is 163 cm³/mol. The zero-order valence-electron chi connectivity index (χ0n) is 24.6. The van der Waals surface area contributed by atoms with E-state index in [0.29, 0.717) is 17.7 Å². The minimum Gasteiger partial charge on any atom is -0.461 e. The molecule has 0 saturated heterocycles. The number of esters is 1. The van der Waals surface area contributed by atoms with Crippen molar-refractivity contribution in [3.63, 3.8) is 0 Å². The second-order valence-corrected chi connectivity index (χ2v) is 11.9. The van der Waals surface area contributed by atoms with Crippen LogP contribution < -0.4 is 10.0 Å². The van der Waals surface area contributed by atoms with E-state index in [4.69, 9.17) is 9.47 Å². The molecular weight excluding hydrogens is 552 g/mol. The van der Waals surface area contributed by atoms with Crippen LogP contribution in [-0.2, 0) is 42.3 Å². The first-order valence-corrected chi connectivity index (χ1v) is 15.4. The number of ether oxygens (including phenoxy) is 2. The van der Waals surface area contributed by atoms with Crippen LogP contribution >= 0.6 is 0 Å². The first-order chi connectivity index (χ1) is 20.1. The van der Waals surface area contributed by atoms with Gasteiger partial charge >= 0.3 is 5.97 Å². The third-order valence-electron chi connectivity index (χ3n) is 6.65. The lowest BCUT2D eigenvalue weighted by atomic mass is 10.0. The normalized spacial score (nSPS) is 13.0. The van der Waals surface area contributed by atoms with Gasteiger partial charge in [-0.15, -0.1) is 0 Å². The maximum atomic E-state index is 13.5. The maximum absolute atomic E-state index is 13.5. The number of carbonyl (C=O) groups excluding carboxylic acids is 2. The van der Waals surface area contributed by atoms with E-state index in [9.17, 15) is 18.0 Å². The Balaban J connectivity index is 1.74. The molecule has 1 amide bonds. The first kappa shape index (κ1) is 32.7. The summed E-state index contributed by atoms with van der Waals surface area (Å²) < 4.78 is 41.0. The fraction of sp³-hybridized carbons (Fsp3) is 0.333. The fourth-order valence-corrected chi connectivity index (χ4v) is 6.34. The molecule has 0 heterocycles. The second kappa shape index (κ2) is 16.0. The average molecular weight is 593 g/mol. The molecule has 3 aromatic carbocycles. The van der Waals surface area contributed by atoms with Crippen LogP contribution in [0.15, 0.2) is 89.8 Å². The third kappa shape index (κ3) is 10.2. The van der Waals surface area contributed by atoms with Crippen molar-refractivity contribution in [3.8, 4) is 0 Å². The van der Waals surface area contributed by atoms with Crippen LogP contribution in [0.25, 0.3) is 0 Å². The molecule has 9 heteroatoms. The van der Waals surface area contributed by atoms with Crippen molar-refractivity contribution in [2.75, 3.05) is 13.7 Å². The number of rotatable bonds is 15. The van der Waals surface area contributed by atoms with Crippen LogP contribution in [0, 0.1) is 26.7 Å². The van der Waals surface area contributed by atoms with Crippen molar-refractivity contribution >= 4 is 21.9 Å². The molecule has 0 aliphatic rings. The number of nitrogens with one attached hydrogen (secondary N) is 2. The standard InChI is InChI=1S/C33H40N2O6S/c1-24-19-25(2)32(26(3)20-24)42(38,39)35-30(23-40-21-27-11-7-5-8-12-27)17-15-29(33(37)34-4)16-18-31(36)41-22-28-13-9-6-10-14-28/h5-15,17,19-20,29-30,35H,16,18,21-23H2,1-4H3,(H,34,37)/b17-15+/t29-,30+/m0/s1. The molecule has 0 radical (unpaired) electrons. The van der Waals surface area contributed by atoms with Gasteiger partial charge in [0.2, 0.25) is 15.9 Å². The van der Waals surface area contributed by atoms with Crippen LogP contribution in [0.3, 0.4) is 0 Å². The lowest BCUT2D eigenvalue weighted by molar-refractivity contribution is -0.145. The molecule has 0 fully saturated rings. The Hall–Kier alpha value is -3.79. The van der Waals surface area contributed by atoms with Gasteiger partial charge in [-0.05, 0) is 49.4 Å². The Labute approximate surface area is 249 Å². The lowest BCUT2D eigenvalue weighted by Gasteiger charge is -2.19. The summed E-state index contributed by atoms with van der Waals surface area (Å²) >= 11 is 0. The molecule has 2 N–H and O–H groups in total. The van der Waals surface area contributed by atoms with E-state index < -0.39 is 28.0 Å². The van der Waals surface area contributed by atoms with Crippen LogP contribution in [0.5, 0.6) is 0 Å². The van der Waals surface area contributed by atoms with Gasteiger partial charge in [0.25, 0.3) is 0 Å². The smallest absolute Gasteiger partial charge is 0.306 e. The minimum absolute atomic E-state index is 0.0257. The van der Waals surface area contributed by atoms with E-state index >= 15 is 0 Å². The summed E-state index contributed by atoms with van der Waals surface area (Å²) in [6, 6.07) is 21.8. The number of amides is 1. The van der Waals surface area contributed by atoms with Gasteiger partial charge in [-0.25, -0.2) is 13.1 Å². The summed E-state index contributed by atoms with van der Waals surface area (Å²) in [6.45, 7) is 5.94. The van der Waals surface area contributed by atoms with E-state index in [1.165, 1.54) is 7.05 Å². The summed E-state index contributed by atoms with van der Waals surface area (Å²) in [6.07, 6.45) is 3.47. The highest BCUT2D eigenvalue weighted by Gasteiger charge is 2.24. The monoisotopic (exact) mass is 592 g/mol. The first-order valence-electron chi connectivity index (χ1n) is 13.9. The molecule has 0 spiro atoms. The van der Waals surface area contributed by atoms with Gasteiger partial charge in [-0.3, -0.25) is 9.59 Å². The Morgan fingerprint density at radius 3 is 2.00 bits per heavy atom. The Morgan fingerprint density at radius 2 is 1.43 bits per heavy atom. The molecule has 0 unspecified atom stereocenters. The highest BCUT2D eigenvalue weighted by Crippen LogP contribution is 2.22. The van der Waals surface area contributed by atoms with Gasteiger partial charge in [-0.1, -0.05) is 90.5 Å². The molecule has 3 aromatic rings. The van der Waals surface area contributed by atoms with Crippen molar-refractivity contribution in [1.29, 1.82) is 0 Å². The zero-order valence-corrected chi connectivity index (χ0v) is 25.4. The molecular formula is C33H40N2O6S. The largest absolute Gasteiger partial charge is 0.461 e. The SMILES string of the molecule is CNC(=O)[C@@H](/C=C/[C@H](COCc1ccccc1)NS(=O)(=O)c1c(C)cc(C)cc1C)CCC(=O)OCc1ccccc1. The van der Waals surface area contributed by atoms with Crippen molar-refractivity contribution in [2.45, 2.75) is 57.8 Å². The van der Waals surface area contributed by atoms with Gasteiger partial charge in [-0.2, -0.15) is 0 Å². The summed E-state index contributed by atoms with van der Waals surface area (Å²) in [7, 11) is -2.40. The number of aryl methyl sites for hydroxylation is 3. The molecule has 0 aliphatic carbocycles. The highest BCUT2D eigenvalue weighted by atomic mass is 32.2. The Morgan fingerprint density at radius 1 is 0.857 bits per heavy atom. The Kier molecular flexibility index (Phi) is 12.5. The van der Waals surface area contributed by atoms with Gasteiger partial charge in [0.15, 0.2) is 0 Å². The summed E-state index contributed by atoms with van der Waals surface area (Å²) in [5.74, 6) is -1.39. The molecule has 3 rings (SSSR count). The van der Waals surface area contributed by atoms with Crippen LogP contribution in [0.2, 0.25) is 0 Å². The van der Waals surface area contributed by atoms with Gasteiger partial charge in [0.05, 0.1) is 30.1 Å². The lowest BCUT2D eigenvalue weighted by Crippen LogP contribution is -2.38. The number of hydrogen-bond donors (Lipinski definition) is 2. The summed E-state index contributed by atoms with van der Waals surface area (Å²) in [5.41, 5.74) is 4.08. The van der Waals surface area contributed by atoms with Crippen molar-refractivity contribution in [1.82, 2.24) is 10.0 Å². The Bertz CT molecular complexity index is 1430. The molecule has 42 heavy (non-hydrogen) atoms. The molecule has 0 aliphatic heterocycles. The summed E-state index contributed by atoms with van der Waals surface area (Å²) in [4.78, 5) is 25.3. The maximum Gasteiger partial charge on any atom is 0.306 e. The van der Waals surface area contributed by atoms with Crippen LogP contribution in [-0.4, -0.2) is 40.0 Å². The number of benzene rings is 3. The van der Waals surface area contributed by atoms with Gasteiger partial charge in [0.1, 0.15) is 6.61 Å². The molecule has 224 valence electrons. The number of hydrogen-bond acceptors (Lipinski definition) is 6. The fourth-order valence-electron chi connectivity index (χ4n) is 4.71. The predicted octanol–water partition coefficient (Wildman–Crippen LogP) is 4.92.